The Kier molecular flexibility index (Phi) is 3.31. The molecule has 0 atom stereocenters. The van der Waals surface area contributed by atoms with Gasteiger partial charge in [0.2, 0.25) is 0 Å². The Labute approximate surface area is 99.1 Å². The molecule has 2 rings (SSSR count). The largest absolute Gasteiger partial charge is 0.478 e. The lowest BCUT2D eigenvalue weighted by Crippen LogP contribution is -2.01. The van der Waals surface area contributed by atoms with Gasteiger partial charge in [0.05, 0.1) is 11.3 Å². The molecule has 3 nitrogen and oxygen atoms in total. The van der Waals surface area contributed by atoms with Crippen molar-refractivity contribution in [2.24, 2.45) is 0 Å². The van der Waals surface area contributed by atoms with Crippen LogP contribution in [-0.2, 0) is 4.79 Å². The number of nitrogens with zero attached hydrogens (tertiary/aromatic N) is 1. The van der Waals surface area contributed by atoms with Crippen molar-refractivity contribution in [1.29, 1.82) is 0 Å². The smallest absolute Gasteiger partial charge is 0.337 e. The normalized spacial score (nSPS) is 11.2. The number of hydrogen-bond donors (Lipinski definition) is 1. The summed E-state index contributed by atoms with van der Waals surface area (Å²) in [7, 11) is 0. The molecule has 84 valence electrons. The number of benzene rings is 1. The van der Waals surface area contributed by atoms with Crippen molar-refractivity contribution in [2.45, 2.75) is 0 Å². The van der Waals surface area contributed by atoms with E-state index in [1.54, 1.807) is 30.5 Å². The Morgan fingerprint density at radius 2 is 1.76 bits per heavy atom. The van der Waals surface area contributed by atoms with Gasteiger partial charge in [0.25, 0.3) is 0 Å². The van der Waals surface area contributed by atoms with Crippen LogP contribution in [-0.4, -0.2) is 16.1 Å². The van der Waals surface area contributed by atoms with Gasteiger partial charge in [-0.1, -0.05) is 36.4 Å². The number of carboxylic acid groups (broad SMARTS) is 1. The van der Waals surface area contributed by atoms with E-state index >= 15 is 0 Å². The molecule has 3 heteroatoms. The summed E-state index contributed by atoms with van der Waals surface area (Å²) < 4.78 is 0. The molecule has 0 spiro atoms. The van der Waals surface area contributed by atoms with Gasteiger partial charge in [0, 0.05) is 6.20 Å². The summed E-state index contributed by atoms with van der Waals surface area (Å²) in [5, 5.41) is 9.18. The van der Waals surface area contributed by atoms with Gasteiger partial charge in [-0.2, -0.15) is 0 Å². The fraction of sp³-hybridized carbons (Fsp3) is 0. The van der Waals surface area contributed by atoms with Gasteiger partial charge in [0.1, 0.15) is 0 Å². The van der Waals surface area contributed by atoms with E-state index in [0.717, 1.165) is 5.56 Å². The average Bonchev–Trinajstić information content (AvgIpc) is 2.38. The highest BCUT2D eigenvalue weighted by Crippen LogP contribution is 2.16. The third kappa shape index (κ3) is 2.78. The fourth-order valence-electron chi connectivity index (χ4n) is 1.48. The first-order valence-corrected chi connectivity index (χ1v) is 5.19. The van der Waals surface area contributed by atoms with Crippen LogP contribution >= 0.6 is 0 Å². The molecule has 0 bridgehead atoms. The number of aromatic nitrogens is 1. The van der Waals surface area contributed by atoms with Crippen molar-refractivity contribution < 1.29 is 9.90 Å². The first kappa shape index (κ1) is 11.1. The standard InChI is InChI=1S/C14H11NO2/c16-14(17)12(13-8-4-5-9-15-13)10-11-6-2-1-3-7-11/h1-10H,(H,16,17)/b12-10+. The second kappa shape index (κ2) is 5.07. The van der Waals surface area contributed by atoms with Crippen LogP contribution in [0.4, 0.5) is 0 Å². The molecule has 0 saturated carbocycles. The first-order valence-electron chi connectivity index (χ1n) is 5.19. The molecule has 1 N–H and O–H groups in total. The van der Waals surface area contributed by atoms with Crippen LogP contribution in [0.15, 0.2) is 54.7 Å². The Hall–Kier alpha value is -2.42. The Balaban J connectivity index is 2.44. The topological polar surface area (TPSA) is 50.2 Å². The molecule has 0 radical (unpaired) electrons. The van der Waals surface area contributed by atoms with E-state index in [4.69, 9.17) is 0 Å². The molecule has 0 aliphatic carbocycles. The fourth-order valence-corrected chi connectivity index (χ4v) is 1.48. The lowest BCUT2D eigenvalue weighted by molar-refractivity contribution is -0.130. The molecule has 2 aromatic rings. The lowest BCUT2D eigenvalue weighted by atomic mass is 10.1. The van der Waals surface area contributed by atoms with E-state index in [1.165, 1.54) is 0 Å². The molecule has 0 aliphatic rings. The van der Waals surface area contributed by atoms with Gasteiger partial charge in [-0.15, -0.1) is 0 Å². The number of carboxylic acids is 1. The minimum atomic E-state index is -0.979. The summed E-state index contributed by atoms with van der Waals surface area (Å²) in [5.41, 5.74) is 1.50. The molecule has 0 aliphatic heterocycles. The predicted octanol–water partition coefficient (Wildman–Crippen LogP) is 2.71. The Morgan fingerprint density at radius 3 is 2.35 bits per heavy atom. The average molecular weight is 225 g/mol. The monoisotopic (exact) mass is 225 g/mol. The Bertz CT molecular complexity index is 533. The van der Waals surface area contributed by atoms with Crippen molar-refractivity contribution in [3.8, 4) is 0 Å². The van der Waals surface area contributed by atoms with Gasteiger partial charge < -0.3 is 5.11 Å². The zero-order valence-electron chi connectivity index (χ0n) is 9.08. The molecule has 1 heterocycles. The zero-order chi connectivity index (χ0) is 12.1. The maximum Gasteiger partial charge on any atom is 0.337 e. The second-order valence-corrected chi connectivity index (χ2v) is 3.49. The van der Waals surface area contributed by atoms with Gasteiger partial charge >= 0.3 is 5.97 Å². The lowest BCUT2D eigenvalue weighted by Gasteiger charge is -2.01. The predicted molar refractivity (Wildman–Crippen MR) is 66.2 cm³/mol. The molecule has 1 aromatic carbocycles. The van der Waals surface area contributed by atoms with Crippen molar-refractivity contribution >= 4 is 17.6 Å². The molecule has 0 amide bonds. The number of carbonyl (C=O) groups is 1. The zero-order valence-corrected chi connectivity index (χ0v) is 9.08. The van der Waals surface area contributed by atoms with Crippen molar-refractivity contribution in [2.75, 3.05) is 0 Å². The van der Waals surface area contributed by atoms with Gasteiger partial charge in [-0.3, -0.25) is 4.98 Å². The summed E-state index contributed by atoms with van der Waals surface area (Å²) >= 11 is 0. The van der Waals surface area contributed by atoms with Crippen molar-refractivity contribution in [1.82, 2.24) is 4.98 Å². The summed E-state index contributed by atoms with van der Waals surface area (Å²) in [6, 6.07) is 14.5. The minimum Gasteiger partial charge on any atom is -0.478 e. The van der Waals surface area contributed by atoms with Crippen LogP contribution in [0.25, 0.3) is 11.6 Å². The van der Waals surface area contributed by atoms with E-state index in [-0.39, 0.29) is 5.57 Å². The maximum atomic E-state index is 11.2. The van der Waals surface area contributed by atoms with Crippen molar-refractivity contribution in [3.05, 3.63) is 66.0 Å². The molecule has 0 saturated heterocycles. The van der Waals surface area contributed by atoms with E-state index in [9.17, 15) is 9.90 Å². The van der Waals surface area contributed by atoms with Crippen LogP contribution in [0.1, 0.15) is 11.3 Å². The first-order chi connectivity index (χ1) is 8.27. The van der Waals surface area contributed by atoms with E-state index in [2.05, 4.69) is 4.98 Å². The second-order valence-electron chi connectivity index (χ2n) is 3.49. The highest BCUT2D eigenvalue weighted by molar-refractivity contribution is 6.19. The van der Waals surface area contributed by atoms with Crippen LogP contribution < -0.4 is 0 Å². The third-order valence-electron chi connectivity index (χ3n) is 2.28. The Morgan fingerprint density at radius 1 is 1.06 bits per heavy atom. The molecular formula is C14H11NO2. The van der Waals surface area contributed by atoms with Crippen LogP contribution in [0.5, 0.6) is 0 Å². The van der Waals surface area contributed by atoms with Crippen LogP contribution in [0.2, 0.25) is 0 Å². The molecule has 0 fully saturated rings. The summed E-state index contributed by atoms with van der Waals surface area (Å²) in [4.78, 5) is 15.2. The number of pyridine rings is 1. The van der Waals surface area contributed by atoms with Crippen LogP contribution in [0, 0.1) is 0 Å². The van der Waals surface area contributed by atoms with Gasteiger partial charge in [-0.25, -0.2) is 4.79 Å². The minimum absolute atomic E-state index is 0.191. The summed E-state index contributed by atoms with van der Waals surface area (Å²) in [5.74, 6) is -0.979. The van der Waals surface area contributed by atoms with E-state index < -0.39 is 5.97 Å². The summed E-state index contributed by atoms with van der Waals surface area (Å²) in [6.07, 6.45) is 3.20. The van der Waals surface area contributed by atoms with E-state index in [1.807, 2.05) is 30.3 Å². The van der Waals surface area contributed by atoms with E-state index in [0.29, 0.717) is 5.69 Å². The molecular weight excluding hydrogens is 214 g/mol. The van der Waals surface area contributed by atoms with Crippen LogP contribution in [0.3, 0.4) is 0 Å². The SMILES string of the molecule is O=C(O)/C(=C/c1ccccc1)c1ccccn1. The number of aliphatic carboxylic acids is 1. The molecule has 1 aromatic heterocycles. The maximum absolute atomic E-state index is 11.2. The summed E-state index contributed by atoms with van der Waals surface area (Å²) in [6.45, 7) is 0. The van der Waals surface area contributed by atoms with Gasteiger partial charge in [-0.05, 0) is 23.8 Å². The number of hydrogen-bond acceptors (Lipinski definition) is 2. The third-order valence-corrected chi connectivity index (χ3v) is 2.28. The molecule has 17 heavy (non-hydrogen) atoms. The molecule has 0 unspecified atom stereocenters. The van der Waals surface area contributed by atoms with Crippen molar-refractivity contribution in [3.63, 3.8) is 0 Å². The highest BCUT2D eigenvalue weighted by Gasteiger charge is 2.10. The van der Waals surface area contributed by atoms with Gasteiger partial charge in [0.15, 0.2) is 0 Å². The number of rotatable bonds is 3. The highest BCUT2D eigenvalue weighted by atomic mass is 16.4. The quantitative estimate of drug-likeness (QED) is 0.817.